The third-order valence-corrected chi connectivity index (χ3v) is 3.75. The van der Waals surface area contributed by atoms with E-state index in [1.165, 1.54) is 29.6 Å². The molecule has 102 valence electrons. The highest BCUT2D eigenvalue weighted by Crippen LogP contribution is 2.25. The van der Waals surface area contributed by atoms with Gasteiger partial charge < -0.3 is 5.32 Å². The predicted molar refractivity (Wildman–Crippen MR) is 75.1 cm³/mol. The largest absolute Gasteiger partial charge is 0.354 e. The summed E-state index contributed by atoms with van der Waals surface area (Å²) in [7, 11) is 0. The lowest BCUT2D eigenvalue weighted by Crippen LogP contribution is -2.09. The van der Waals surface area contributed by atoms with Crippen molar-refractivity contribution in [1.29, 1.82) is 0 Å². The van der Waals surface area contributed by atoms with Gasteiger partial charge in [-0.05, 0) is 36.3 Å². The first-order valence-electron chi connectivity index (χ1n) is 5.79. The topological polar surface area (TPSA) is 94.3 Å². The van der Waals surface area contributed by atoms with Crippen molar-refractivity contribution in [1.82, 2.24) is 34.1 Å². The van der Waals surface area contributed by atoms with Crippen molar-refractivity contribution in [3.63, 3.8) is 0 Å². The Kier molecular flexibility index (Phi) is 3.83. The molecule has 0 saturated carbocycles. The Morgan fingerprint density at radius 2 is 2.30 bits per heavy atom. The van der Waals surface area contributed by atoms with Crippen LogP contribution in [0, 0.1) is 0 Å². The van der Waals surface area contributed by atoms with Crippen LogP contribution in [0.3, 0.4) is 0 Å². The average molecular weight is 306 g/mol. The first kappa shape index (κ1) is 12.9. The van der Waals surface area contributed by atoms with E-state index < -0.39 is 0 Å². The highest BCUT2D eigenvalue weighted by Gasteiger charge is 2.10. The minimum Gasteiger partial charge on any atom is -0.354 e. The Morgan fingerprint density at radius 3 is 3.00 bits per heavy atom. The van der Waals surface area contributed by atoms with Gasteiger partial charge in [0, 0.05) is 18.9 Å². The molecule has 1 N–H and O–H groups in total. The second kappa shape index (κ2) is 5.92. The number of anilines is 1. The normalized spacial score (nSPS) is 10.7. The quantitative estimate of drug-likeness (QED) is 0.757. The van der Waals surface area contributed by atoms with E-state index in [1.54, 1.807) is 17.1 Å². The van der Waals surface area contributed by atoms with E-state index in [4.69, 9.17) is 0 Å². The fraction of sp³-hybridized carbons (Fsp3) is 0.200. The Balaban J connectivity index is 1.96. The van der Waals surface area contributed by atoms with Gasteiger partial charge >= 0.3 is 0 Å². The van der Waals surface area contributed by atoms with Gasteiger partial charge in [-0.25, -0.2) is 9.67 Å². The van der Waals surface area contributed by atoms with E-state index in [9.17, 15) is 0 Å². The van der Waals surface area contributed by atoms with Gasteiger partial charge in [-0.1, -0.05) is 0 Å². The minimum atomic E-state index is 0.466. The van der Waals surface area contributed by atoms with Gasteiger partial charge in [-0.15, -0.1) is 0 Å². The molecule has 0 aliphatic carbocycles. The Labute approximate surface area is 122 Å². The van der Waals surface area contributed by atoms with Crippen LogP contribution in [0.4, 0.5) is 5.95 Å². The summed E-state index contributed by atoms with van der Waals surface area (Å²) in [5, 5.41) is 7.76. The van der Waals surface area contributed by atoms with Crippen molar-refractivity contribution >= 4 is 29.2 Å². The molecule has 0 saturated heterocycles. The molecule has 3 aromatic rings. The second-order valence-corrected chi connectivity index (χ2v) is 5.53. The zero-order valence-corrected chi connectivity index (χ0v) is 12.1. The molecular weight excluding hydrogens is 296 g/mol. The summed E-state index contributed by atoms with van der Waals surface area (Å²) < 4.78 is 6.33. The highest BCUT2D eigenvalue weighted by molar-refractivity contribution is 8.00. The van der Waals surface area contributed by atoms with Gasteiger partial charge in [-0.2, -0.15) is 24.4 Å². The highest BCUT2D eigenvalue weighted by atomic mass is 32.2. The van der Waals surface area contributed by atoms with Crippen LogP contribution in [0.15, 0.2) is 34.3 Å². The first-order chi connectivity index (χ1) is 9.85. The molecule has 0 fully saturated rings. The van der Waals surface area contributed by atoms with Gasteiger partial charge in [0.15, 0.2) is 4.34 Å². The van der Waals surface area contributed by atoms with Crippen LogP contribution in [-0.4, -0.2) is 40.6 Å². The minimum absolute atomic E-state index is 0.466. The van der Waals surface area contributed by atoms with Gasteiger partial charge in [0.2, 0.25) is 11.1 Å². The van der Waals surface area contributed by atoms with E-state index in [2.05, 4.69) is 34.7 Å². The maximum Gasteiger partial charge on any atom is 0.256 e. The fourth-order valence-electron chi connectivity index (χ4n) is 1.40. The third kappa shape index (κ3) is 2.91. The van der Waals surface area contributed by atoms with Crippen molar-refractivity contribution < 1.29 is 0 Å². The number of hydrogen-bond donors (Lipinski definition) is 1. The Bertz CT molecular complexity index is 667. The lowest BCUT2D eigenvalue weighted by Gasteiger charge is -2.06. The van der Waals surface area contributed by atoms with E-state index in [0.717, 1.165) is 10.9 Å². The molecule has 0 unspecified atom stereocenters. The van der Waals surface area contributed by atoms with Crippen molar-refractivity contribution in [3.8, 4) is 5.95 Å². The summed E-state index contributed by atoms with van der Waals surface area (Å²) in [4.78, 5) is 17.1. The molecule has 0 bridgehead atoms. The summed E-state index contributed by atoms with van der Waals surface area (Å²) in [5.74, 6) is 0.980. The van der Waals surface area contributed by atoms with Crippen molar-refractivity contribution in [3.05, 3.63) is 24.8 Å². The second-order valence-electron chi connectivity index (χ2n) is 3.53. The van der Waals surface area contributed by atoms with E-state index in [0.29, 0.717) is 17.1 Å². The predicted octanol–water partition coefficient (Wildman–Crippen LogP) is 1.49. The maximum atomic E-state index is 4.37. The molecule has 0 aliphatic heterocycles. The van der Waals surface area contributed by atoms with Crippen LogP contribution < -0.4 is 5.32 Å². The van der Waals surface area contributed by atoms with E-state index >= 15 is 0 Å². The zero-order chi connectivity index (χ0) is 13.8. The Morgan fingerprint density at radius 1 is 1.35 bits per heavy atom. The monoisotopic (exact) mass is 306 g/mol. The van der Waals surface area contributed by atoms with Crippen LogP contribution in [0.5, 0.6) is 0 Å². The van der Waals surface area contributed by atoms with Crippen LogP contribution in [-0.2, 0) is 0 Å². The molecule has 20 heavy (non-hydrogen) atoms. The number of rotatable bonds is 5. The summed E-state index contributed by atoms with van der Waals surface area (Å²) in [6, 6.07) is 1.81. The van der Waals surface area contributed by atoms with Crippen LogP contribution in [0.2, 0.25) is 0 Å². The molecule has 0 aliphatic rings. The fourth-order valence-corrected chi connectivity index (χ4v) is 2.70. The molecule has 3 aromatic heterocycles. The lowest BCUT2D eigenvalue weighted by atomic mass is 10.7. The number of nitrogens with one attached hydrogen (secondary N) is 1. The van der Waals surface area contributed by atoms with Gasteiger partial charge in [-0.3, -0.25) is 0 Å². The van der Waals surface area contributed by atoms with Crippen LogP contribution in [0.25, 0.3) is 5.95 Å². The van der Waals surface area contributed by atoms with Gasteiger partial charge in [0.25, 0.3) is 5.95 Å². The van der Waals surface area contributed by atoms with Crippen molar-refractivity contribution in [2.75, 3.05) is 11.9 Å². The number of nitrogens with zero attached hydrogens (tertiary/aromatic N) is 7. The summed E-state index contributed by atoms with van der Waals surface area (Å²) >= 11 is 2.65. The number of hydrogen-bond acceptors (Lipinski definition) is 9. The third-order valence-electron chi connectivity index (χ3n) is 2.17. The molecule has 3 heterocycles. The average Bonchev–Trinajstić information content (AvgIpc) is 3.11. The van der Waals surface area contributed by atoms with E-state index in [1.807, 2.05) is 13.0 Å². The van der Waals surface area contributed by atoms with Crippen molar-refractivity contribution in [2.24, 2.45) is 0 Å². The zero-order valence-electron chi connectivity index (χ0n) is 10.5. The molecule has 0 aromatic carbocycles. The molecule has 0 atom stereocenters. The molecule has 0 radical (unpaired) electrons. The van der Waals surface area contributed by atoms with Gasteiger partial charge in [0.05, 0.1) is 0 Å². The summed E-state index contributed by atoms with van der Waals surface area (Å²) in [5.41, 5.74) is 0. The summed E-state index contributed by atoms with van der Waals surface area (Å²) in [6.07, 6.45) is 4.96. The molecule has 10 heteroatoms. The van der Waals surface area contributed by atoms with Crippen LogP contribution in [0.1, 0.15) is 6.92 Å². The SMILES string of the molecule is CCNc1nc(Sc2ncns2)nc(-n2cccn2)n1. The molecule has 0 amide bonds. The Hall–Kier alpha value is -2.07. The summed E-state index contributed by atoms with van der Waals surface area (Å²) in [6.45, 7) is 2.71. The molecule has 3 rings (SSSR count). The molecular formula is C10H10N8S2. The van der Waals surface area contributed by atoms with Gasteiger partial charge in [0.1, 0.15) is 6.33 Å². The van der Waals surface area contributed by atoms with Crippen LogP contribution >= 0.6 is 23.3 Å². The molecule has 0 spiro atoms. The molecule has 8 nitrogen and oxygen atoms in total. The first-order valence-corrected chi connectivity index (χ1v) is 7.38. The standard InChI is InChI=1S/C10H10N8S2/c1-2-11-7-15-8(18-5-3-4-13-18)17-9(16-7)19-10-12-6-14-20-10/h3-6H,2H2,1H3,(H,11,15,16,17). The maximum absolute atomic E-state index is 4.37. The lowest BCUT2D eigenvalue weighted by molar-refractivity contribution is 0.760. The van der Waals surface area contributed by atoms with Crippen molar-refractivity contribution in [2.45, 2.75) is 16.4 Å². The smallest absolute Gasteiger partial charge is 0.256 e. The van der Waals surface area contributed by atoms with E-state index in [-0.39, 0.29) is 0 Å². The number of aromatic nitrogens is 7.